The van der Waals surface area contributed by atoms with Crippen LogP contribution in [-0.4, -0.2) is 35.5 Å². The summed E-state index contributed by atoms with van der Waals surface area (Å²) in [7, 11) is 1.64. The van der Waals surface area contributed by atoms with E-state index in [0.29, 0.717) is 5.17 Å². The minimum absolute atomic E-state index is 0.183. The molecule has 118 valence electrons. The number of aliphatic imine (C=N–C) groups is 1. The zero-order valence-electron chi connectivity index (χ0n) is 12.5. The third kappa shape index (κ3) is 4.20. The lowest BCUT2D eigenvalue weighted by molar-refractivity contribution is -0.115. The smallest absolute Gasteiger partial charge is 0.249 e. The summed E-state index contributed by atoms with van der Waals surface area (Å²) in [6, 6.07) is 7.74. The lowest BCUT2D eigenvalue weighted by Gasteiger charge is -2.00. The van der Waals surface area contributed by atoms with E-state index in [9.17, 15) is 4.79 Å². The number of nitrogens with one attached hydrogen (secondary N) is 1. The van der Waals surface area contributed by atoms with E-state index in [1.165, 1.54) is 17.4 Å². The fourth-order valence-electron chi connectivity index (χ4n) is 1.95. The molecule has 1 aliphatic rings. The standard InChI is InChI=1S/C16H15N3O2S2/c1-21-13-5-2-11(3-6-13)15-18-12(10-23-15)4-7-14(20)19-16-17-8-9-22-16/h2-7,10H,8-9H2,1H3,(H,17,19,20). The van der Waals surface area contributed by atoms with Gasteiger partial charge in [-0.2, -0.15) is 0 Å². The van der Waals surface area contributed by atoms with Crippen LogP contribution in [0.15, 0.2) is 40.7 Å². The van der Waals surface area contributed by atoms with Gasteiger partial charge in [-0.15, -0.1) is 11.3 Å². The predicted molar refractivity (Wildman–Crippen MR) is 96.0 cm³/mol. The second kappa shape index (κ2) is 7.43. The summed E-state index contributed by atoms with van der Waals surface area (Å²) >= 11 is 3.10. The molecule has 2 heterocycles. The molecule has 7 heteroatoms. The summed E-state index contributed by atoms with van der Waals surface area (Å²) in [4.78, 5) is 20.5. The van der Waals surface area contributed by atoms with Gasteiger partial charge in [0.2, 0.25) is 5.91 Å². The minimum atomic E-state index is -0.183. The van der Waals surface area contributed by atoms with Gasteiger partial charge in [0.15, 0.2) is 5.17 Å². The Morgan fingerprint density at radius 1 is 1.35 bits per heavy atom. The lowest BCUT2D eigenvalue weighted by atomic mass is 10.2. The van der Waals surface area contributed by atoms with Gasteiger partial charge in [0.25, 0.3) is 0 Å². The molecule has 0 bridgehead atoms. The number of rotatable bonds is 4. The topological polar surface area (TPSA) is 63.6 Å². The van der Waals surface area contributed by atoms with Crippen LogP contribution in [-0.2, 0) is 4.79 Å². The van der Waals surface area contributed by atoms with Crippen LogP contribution < -0.4 is 10.1 Å². The molecule has 1 aromatic carbocycles. The summed E-state index contributed by atoms with van der Waals surface area (Å²) in [5, 5.41) is 6.27. The number of hydrogen-bond acceptors (Lipinski definition) is 6. The Bertz CT molecular complexity index is 751. The van der Waals surface area contributed by atoms with E-state index in [-0.39, 0.29) is 5.91 Å². The van der Waals surface area contributed by atoms with E-state index >= 15 is 0 Å². The third-order valence-electron chi connectivity index (χ3n) is 3.08. The van der Waals surface area contributed by atoms with Gasteiger partial charge in [-0.25, -0.2) is 4.98 Å². The van der Waals surface area contributed by atoms with E-state index < -0.39 is 0 Å². The molecular weight excluding hydrogens is 330 g/mol. The normalized spacial score (nSPS) is 14.0. The van der Waals surface area contributed by atoms with Crippen molar-refractivity contribution in [2.24, 2.45) is 4.99 Å². The summed E-state index contributed by atoms with van der Waals surface area (Å²) in [5.41, 5.74) is 1.79. The van der Waals surface area contributed by atoms with E-state index in [1.807, 2.05) is 29.6 Å². The maximum absolute atomic E-state index is 11.8. The number of thiazole rings is 1. The van der Waals surface area contributed by atoms with Crippen LogP contribution in [0.4, 0.5) is 0 Å². The summed E-state index contributed by atoms with van der Waals surface area (Å²) in [6.07, 6.45) is 3.19. The van der Waals surface area contributed by atoms with Gasteiger partial charge in [-0.1, -0.05) is 11.8 Å². The monoisotopic (exact) mass is 345 g/mol. The van der Waals surface area contributed by atoms with E-state index in [0.717, 1.165) is 34.3 Å². The maximum atomic E-state index is 11.8. The van der Waals surface area contributed by atoms with Crippen LogP contribution in [0.2, 0.25) is 0 Å². The molecule has 23 heavy (non-hydrogen) atoms. The Labute approximate surface area is 142 Å². The van der Waals surface area contributed by atoms with Crippen LogP contribution in [0.25, 0.3) is 16.6 Å². The molecule has 2 aromatic rings. The summed E-state index contributed by atoms with van der Waals surface area (Å²) < 4.78 is 5.15. The van der Waals surface area contributed by atoms with Gasteiger partial charge in [-0.05, 0) is 30.3 Å². The van der Waals surface area contributed by atoms with Crippen molar-refractivity contribution in [3.63, 3.8) is 0 Å². The van der Waals surface area contributed by atoms with Gasteiger partial charge in [0, 0.05) is 22.8 Å². The molecule has 5 nitrogen and oxygen atoms in total. The Morgan fingerprint density at radius 3 is 2.87 bits per heavy atom. The molecule has 0 unspecified atom stereocenters. The molecule has 1 amide bonds. The van der Waals surface area contributed by atoms with Crippen LogP contribution in [0, 0.1) is 0 Å². The zero-order chi connectivity index (χ0) is 16.1. The Hall–Kier alpha value is -2.12. The number of ether oxygens (including phenoxy) is 1. The second-order valence-corrected chi connectivity index (χ2v) is 6.61. The highest BCUT2D eigenvalue weighted by atomic mass is 32.2. The first-order chi connectivity index (χ1) is 11.2. The molecule has 1 N–H and O–H groups in total. The van der Waals surface area contributed by atoms with Crippen LogP contribution >= 0.6 is 23.1 Å². The fraction of sp³-hybridized carbons (Fsp3) is 0.188. The second-order valence-electron chi connectivity index (χ2n) is 4.66. The molecule has 0 atom stereocenters. The van der Waals surface area contributed by atoms with Crippen molar-refractivity contribution >= 4 is 40.2 Å². The average Bonchev–Trinajstić information content (AvgIpc) is 3.25. The first-order valence-corrected chi connectivity index (χ1v) is 8.87. The summed E-state index contributed by atoms with van der Waals surface area (Å²) in [5.74, 6) is 1.56. The molecular formula is C16H15N3O2S2. The van der Waals surface area contributed by atoms with Crippen LogP contribution in [0.3, 0.4) is 0 Å². The lowest BCUT2D eigenvalue weighted by Crippen LogP contribution is -2.25. The van der Waals surface area contributed by atoms with Gasteiger partial charge in [-0.3, -0.25) is 9.79 Å². The molecule has 3 rings (SSSR count). The van der Waals surface area contributed by atoms with E-state index in [4.69, 9.17) is 4.74 Å². The number of amidine groups is 1. The van der Waals surface area contributed by atoms with Gasteiger partial charge < -0.3 is 10.1 Å². The Morgan fingerprint density at radius 2 is 2.17 bits per heavy atom. The van der Waals surface area contributed by atoms with Crippen molar-refractivity contribution in [1.29, 1.82) is 0 Å². The highest BCUT2D eigenvalue weighted by molar-refractivity contribution is 8.14. The number of amides is 1. The number of hydrogen-bond donors (Lipinski definition) is 1. The third-order valence-corrected chi connectivity index (χ3v) is 4.88. The van der Waals surface area contributed by atoms with E-state index in [1.54, 1.807) is 24.9 Å². The van der Waals surface area contributed by atoms with Crippen molar-refractivity contribution in [3.8, 4) is 16.3 Å². The van der Waals surface area contributed by atoms with Crippen molar-refractivity contribution < 1.29 is 9.53 Å². The molecule has 0 aliphatic carbocycles. The zero-order valence-corrected chi connectivity index (χ0v) is 14.1. The van der Waals surface area contributed by atoms with Crippen molar-refractivity contribution in [3.05, 3.63) is 41.4 Å². The summed E-state index contributed by atoms with van der Waals surface area (Å²) in [6.45, 7) is 0.765. The number of aromatic nitrogens is 1. The Kier molecular flexibility index (Phi) is 5.09. The first-order valence-electron chi connectivity index (χ1n) is 7.01. The van der Waals surface area contributed by atoms with Gasteiger partial charge >= 0.3 is 0 Å². The number of benzene rings is 1. The number of nitrogens with zero attached hydrogens (tertiary/aromatic N) is 2. The molecule has 0 saturated carbocycles. The molecule has 0 radical (unpaired) electrons. The van der Waals surface area contributed by atoms with Crippen molar-refractivity contribution in [2.75, 3.05) is 19.4 Å². The predicted octanol–water partition coefficient (Wildman–Crippen LogP) is 3.05. The Balaban J connectivity index is 1.64. The largest absolute Gasteiger partial charge is 0.497 e. The number of carbonyl (C=O) groups excluding carboxylic acids is 1. The molecule has 1 aliphatic heterocycles. The average molecular weight is 345 g/mol. The van der Waals surface area contributed by atoms with E-state index in [2.05, 4.69) is 15.3 Å². The van der Waals surface area contributed by atoms with Gasteiger partial charge in [0.1, 0.15) is 10.8 Å². The van der Waals surface area contributed by atoms with Crippen molar-refractivity contribution in [2.45, 2.75) is 0 Å². The minimum Gasteiger partial charge on any atom is -0.497 e. The molecule has 1 aromatic heterocycles. The van der Waals surface area contributed by atoms with Crippen molar-refractivity contribution in [1.82, 2.24) is 10.3 Å². The van der Waals surface area contributed by atoms with Crippen LogP contribution in [0.1, 0.15) is 5.69 Å². The number of carbonyl (C=O) groups is 1. The number of thioether (sulfide) groups is 1. The van der Waals surface area contributed by atoms with Gasteiger partial charge in [0.05, 0.1) is 19.3 Å². The quantitative estimate of drug-likeness (QED) is 0.865. The molecule has 0 fully saturated rings. The molecule has 0 saturated heterocycles. The fourth-order valence-corrected chi connectivity index (χ4v) is 3.47. The molecule has 0 spiro atoms. The highest BCUT2D eigenvalue weighted by Crippen LogP contribution is 2.26. The SMILES string of the molecule is COc1ccc(-c2nc(C=CC(=O)NC3=NCCS3)cs2)cc1. The highest BCUT2D eigenvalue weighted by Gasteiger charge is 2.09. The van der Waals surface area contributed by atoms with Crippen LogP contribution in [0.5, 0.6) is 5.75 Å². The maximum Gasteiger partial charge on any atom is 0.249 e. The first kappa shape index (κ1) is 15.8. The number of methoxy groups -OCH3 is 1.